The summed E-state index contributed by atoms with van der Waals surface area (Å²) in [5.74, 6) is 2.36. The quantitative estimate of drug-likeness (QED) is 0.499. The molecule has 2 saturated heterocycles. The van der Waals surface area contributed by atoms with Crippen molar-refractivity contribution in [3.63, 3.8) is 0 Å². The van der Waals surface area contributed by atoms with E-state index in [0.717, 1.165) is 37.4 Å². The van der Waals surface area contributed by atoms with Gasteiger partial charge < -0.3 is 19.7 Å². The lowest BCUT2D eigenvalue weighted by atomic mass is 9.89. The molecule has 0 amide bonds. The molecule has 2 bridgehead atoms. The average Bonchev–Trinajstić information content (AvgIpc) is 3.29. The van der Waals surface area contributed by atoms with Crippen molar-refractivity contribution in [1.29, 1.82) is 0 Å². The number of hydrogen-bond donors (Lipinski definition) is 1. The Hall–Kier alpha value is -2.98. The molecular weight excluding hydrogens is 485 g/mol. The van der Waals surface area contributed by atoms with Crippen LogP contribution in [0.3, 0.4) is 0 Å². The molecule has 2 aromatic heterocycles. The monoisotopic (exact) mass is 513 g/mol. The van der Waals surface area contributed by atoms with E-state index < -0.39 is 5.82 Å². The first kappa shape index (κ1) is 23.4. The van der Waals surface area contributed by atoms with Crippen LogP contribution in [0.4, 0.5) is 16.2 Å². The van der Waals surface area contributed by atoms with Crippen LogP contribution in [0.25, 0.3) is 0 Å². The molecule has 6 rings (SSSR count). The van der Waals surface area contributed by atoms with Gasteiger partial charge in [0.2, 0.25) is 5.95 Å². The molecule has 0 unspecified atom stereocenters. The van der Waals surface area contributed by atoms with Crippen LogP contribution in [-0.2, 0) is 11.3 Å². The summed E-state index contributed by atoms with van der Waals surface area (Å²) in [6.07, 6.45) is 3.93. The first-order valence-corrected chi connectivity index (χ1v) is 12.7. The van der Waals surface area contributed by atoms with Crippen LogP contribution >= 0.6 is 11.6 Å². The Morgan fingerprint density at radius 1 is 1.19 bits per heavy atom. The smallest absolute Gasteiger partial charge is 0.322 e. The van der Waals surface area contributed by atoms with E-state index in [4.69, 9.17) is 26.2 Å². The lowest BCUT2D eigenvalue weighted by Gasteiger charge is -2.38. The molecule has 0 spiro atoms. The largest absolute Gasteiger partial charge is 0.424 e. The molecule has 11 heteroatoms. The van der Waals surface area contributed by atoms with Gasteiger partial charge in [0.05, 0.1) is 24.8 Å². The number of fused-ring (bicyclic) bond motifs is 2. The van der Waals surface area contributed by atoms with Gasteiger partial charge in [-0.2, -0.15) is 4.98 Å². The van der Waals surface area contributed by atoms with Crippen molar-refractivity contribution >= 4 is 23.4 Å². The van der Waals surface area contributed by atoms with Gasteiger partial charge >= 0.3 is 6.01 Å². The molecule has 3 aromatic rings. The van der Waals surface area contributed by atoms with Crippen LogP contribution in [0, 0.1) is 30.0 Å². The highest BCUT2D eigenvalue weighted by molar-refractivity contribution is 6.30. The van der Waals surface area contributed by atoms with E-state index in [2.05, 4.69) is 32.1 Å². The van der Waals surface area contributed by atoms with Gasteiger partial charge in [0.1, 0.15) is 23.7 Å². The van der Waals surface area contributed by atoms with Crippen LogP contribution < -0.4 is 15.0 Å². The van der Waals surface area contributed by atoms with Crippen molar-refractivity contribution in [3.05, 3.63) is 47.1 Å². The van der Waals surface area contributed by atoms with Crippen LogP contribution in [0.1, 0.15) is 25.5 Å². The van der Waals surface area contributed by atoms with E-state index in [9.17, 15) is 4.39 Å². The zero-order valence-corrected chi connectivity index (χ0v) is 21.1. The number of aromatic nitrogens is 5. The third-order valence-electron chi connectivity index (χ3n) is 7.41. The van der Waals surface area contributed by atoms with Crippen molar-refractivity contribution in [1.82, 2.24) is 24.7 Å². The first-order chi connectivity index (χ1) is 17.3. The van der Waals surface area contributed by atoms with Gasteiger partial charge in [0, 0.05) is 42.4 Å². The highest BCUT2D eigenvalue weighted by Gasteiger charge is 2.43. The summed E-state index contributed by atoms with van der Waals surface area (Å²) >= 11 is 5.96. The maximum absolute atomic E-state index is 13.6. The van der Waals surface area contributed by atoms with Gasteiger partial charge in [-0.3, -0.25) is 0 Å². The topological polar surface area (TPSA) is 90.2 Å². The van der Waals surface area contributed by atoms with Crippen LogP contribution in [0.15, 0.2) is 30.6 Å². The molecule has 36 heavy (non-hydrogen) atoms. The molecule has 3 fully saturated rings. The second-order valence-electron chi connectivity index (χ2n) is 10.5. The Morgan fingerprint density at radius 3 is 2.64 bits per heavy atom. The molecule has 0 radical (unpaired) electrons. The molecule has 3 aliphatic rings. The Morgan fingerprint density at radius 2 is 1.97 bits per heavy atom. The fourth-order valence-electron chi connectivity index (χ4n) is 5.52. The van der Waals surface area contributed by atoms with Crippen molar-refractivity contribution in [3.8, 4) is 11.8 Å². The van der Waals surface area contributed by atoms with Crippen molar-refractivity contribution in [2.24, 2.45) is 17.3 Å². The standard InChI is InChI=1S/C25H29ClFN7O2/c1-15-7-21(29-14-28-15)33-9-16-3-4-17(10-33)22(16)30-23-31-24(34(32-23)11-25(2)12-35-13-25)36-18-5-6-20(27)19(26)8-18/h5-8,14,16-17,22H,3-4,9-13H2,1-2H3,(H,30,32)/t16-,17+,22+. The minimum Gasteiger partial charge on any atom is -0.424 e. The van der Waals surface area contributed by atoms with Gasteiger partial charge in [0.15, 0.2) is 0 Å². The molecule has 9 nitrogen and oxygen atoms in total. The number of nitrogens with zero attached hydrogens (tertiary/aromatic N) is 6. The second kappa shape index (κ2) is 9.15. The van der Waals surface area contributed by atoms with Gasteiger partial charge in [0.25, 0.3) is 0 Å². The molecular formula is C25H29ClFN7O2. The SMILES string of the molecule is Cc1cc(N2C[C@H]3CC[C@@H](C2)[C@H]3Nc2nc(Oc3ccc(F)c(Cl)c3)n(CC3(C)COC3)n2)ncn1. The van der Waals surface area contributed by atoms with E-state index in [0.29, 0.717) is 49.3 Å². The summed E-state index contributed by atoms with van der Waals surface area (Å²) < 4.78 is 26.8. The van der Waals surface area contributed by atoms with Gasteiger partial charge in [-0.05, 0) is 43.7 Å². The average molecular weight is 514 g/mol. The Kier molecular flexibility index (Phi) is 5.95. The minimum atomic E-state index is -0.495. The van der Waals surface area contributed by atoms with Crippen molar-refractivity contribution < 1.29 is 13.9 Å². The van der Waals surface area contributed by atoms with E-state index in [1.165, 1.54) is 18.2 Å². The number of anilines is 2. The van der Waals surface area contributed by atoms with Crippen LogP contribution in [0.2, 0.25) is 5.02 Å². The molecule has 190 valence electrons. The Balaban J connectivity index is 1.21. The molecule has 1 aliphatic carbocycles. The fourth-order valence-corrected chi connectivity index (χ4v) is 5.69. The normalized spacial score (nSPS) is 24.4. The minimum absolute atomic E-state index is 0.00140. The summed E-state index contributed by atoms with van der Waals surface area (Å²) in [5.41, 5.74) is 0.937. The highest BCUT2D eigenvalue weighted by Crippen LogP contribution is 2.40. The lowest BCUT2D eigenvalue weighted by molar-refractivity contribution is -0.112. The van der Waals surface area contributed by atoms with E-state index >= 15 is 0 Å². The number of benzene rings is 1. The Bertz CT molecular complexity index is 1250. The maximum atomic E-state index is 13.6. The number of hydrogen-bond acceptors (Lipinski definition) is 8. The summed E-state index contributed by atoms with van der Waals surface area (Å²) in [6.45, 7) is 7.91. The molecule has 2 aliphatic heterocycles. The molecule has 1 N–H and O–H groups in total. The third-order valence-corrected chi connectivity index (χ3v) is 7.70. The summed E-state index contributed by atoms with van der Waals surface area (Å²) in [5, 5.41) is 8.38. The number of nitrogens with one attached hydrogen (secondary N) is 1. The third kappa shape index (κ3) is 4.59. The molecule has 1 saturated carbocycles. The first-order valence-electron chi connectivity index (χ1n) is 12.3. The van der Waals surface area contributed by atoms with E-state index in [-0.39, 0.29) is 16.5 Å². The zero-order valence-electron chi connectivity index (χ0n) is 20.3. The number of ether oxygens (including phenoxy) is 2. The highest BCUT2D eigenvalue weighted by atomic mass is 35.5. The Labute approximate surface area is 214 Å². The van der Waals surface area contributed by atoms with Crippen molar-refractivity contribution in [2.75, 3.05) is 36.5 Å². The van der Waals surface area contributed by atoms with Gasteiger partial charge in [-0.25, -0.2) is 19.0 Å². The summed E-state index contributed by atoms with van der Waals surface area (Å²) in [6, 6.07) is 6.93. The maximum Gasteiger partial charge on any atom is 0.322 e. The van der Waals surface area contributed by atoms with E-state index in [1.807, 2.05) is 13.0 Å². The van der Waals surface area contributed by atoms with Crippen LogP contribution in [-0.4, -0.2) is 57.1 Å². The second-order valence-corrected chi connectivity index (χ2v) is 11.0. The van der Waals surface area contributed by atoms with Gasteiger partial charge in [-0.1, -0.05) is 18.5 Å². The predicted molar refractivity (Wildman–Crippen MR) is 133 cm³/mol. The number of rotatable bonds is 7. The molecule has 4 heterocycles. The zero-order chi connectivity index (χ0) is 24.9. The molecule has 3 atom stereocenters. The molecule has 1 aromatic carbocycles. The van der Waals surface area contributed by atoms with Crippen molar-refractivity contribution in [2.45, 2.75) is 39.3 Å². The lowest BCUT2D eigenvalue weighted by Crippen LogP contribution is -2.48. The number of halogens is 2. The van der Waals surface area contributed by atoms with Crippen LogP contribution in [0.5, 0.6) is 11.8 Å². The predicted octanol–water partition coefficient (Wildman–Crippen LogP) is 4.32. The van der Waals surface area contributed by atoms with E-state index in [1.54, 1.807) is 11.0 Å². The summed E-state index contributed by atoms with van der Waals surface area (Å²) in [4.78, 5) is 15.8. The number of aryl methyl sites for hydroxylation is 1. The number of piperidine rings is 1. The van der Waals surface area contributed by atoms with Gasteiger partial charge in [-0.15, -0.1) is 5.10 Å². The summed E-state index contributed by atoms with van der Waals surface area (Å²) in [7, 11) is 0. The fraction of sp³-hybridized carbons (Fsp3) is 0.520.